The van der Waals surface area contributed by atoms with Crippen molar-refractivity contribution in [1.82, 2.24) is 25.3 Å². The summed E-state index contributed by atoms with van der Waals surface area (Å²) in [5, 5.41) is 8.31. The molecule has 2 fully saturated rings. The van der Waals surface area contributed by atoms with Crippen LogP contribution in [0.1, 0.15) is 44.0 Å². The number of nitrogens with one attached hydrogen (secondary N) is 2. The number of aromatic amines is 1. The van der Waals surface area contributed by atoms with Crippen molar-refractivity contribution in [3.63, 3.8) is 0 Å². The number of para-hydroxylation sites is 1. The third kappa shape index (κ3) is 3.47. The quantitative estimate of drug-likeness (QED) is 0.641. The summed E-state index contributed by atoms with van der Waals surface area (Å²) in [5.74, 6) is 1.47. The van der Waals surface area contributed by atoms with Gasteiger partial charge >= 0.3 is 0 Å². The Balaban J connectivity index is 1.32. The summed E-state index contributed by atoms with van der Waals surface area (Å²) in [7, 11) is 0. The van der Waals surface area contributed by atoms with Gasteiger partial charge in [0, 0.05) is 42.1 Å². The Kier molecular flexibility index (Phi) is 5.03. The van der Waals surface area contributed by atoms with Gasteiger partial charge in [-0.05, 0) is 37.3 Å². The first kappa shape index (κ1) is 20.7. The molecular weight excluding hydrogens is 406 g/mol. The maximum absolute atomic E-state index is 12.9. The molecule has 1 aliphatic carbocycles. The summed E-state index contributed by atoms with van der Waals surface area (Å²) in [6, 6.07) is 8.01. The minimum atomic E-state index is -0.398. The van der Waals surface area contributed by atoms with Crippen molar-refractivity contribution in [3.8, 4) is 0 Å². The third-order valence-corrected chi connectivity index (χ3v) is 7.03. The Morgan fingerprint density at radius 1 is 1.34 bits per heavy atom. The van der Waals surface area contributed by atoms with Gasteiger partial charge in [0.15, 0.2) is 5.82 Å². The number of likely N-dealkylation sites (tertiary alicyclic amines) is 1. The first-order chi connectivity index (χ1) is 15.4. The van der Waals surface area contributed by atoms with Crippen molar-refractivity contribution >= 4 is 22.7 Å². The number of carbonyl (C=O) groups is 2. The number of hydrogen-bond acceptors (Lipinski definition) is 5. The molecule has 0 unspecified atom stereocenters. The van der Waals surface area contributed by atoms with E-state index in [1.54, 1.807) is 6.92 Å². The number of fused-ring (bicyclic) bond motifs is 2. The SMILES string of the molecule is Cc1noc([C@]23C[C@H](NC(=O)Cc4c[nH]c5ccccc45)C[C@H]2CN(C(=O)C(C)C)C3)n1. The molecule has 1 aliphatic heterocycles. The van der Waals surface area contributed by atoms with Crippen LogP contribution in [0.2, 0.25) is 0 Å². The third-order valence-electron chi connectivity index (χ3n) is 7.03. The molecule has 2 aliphatic rings. The monoisotopic (exact) mass is 435 g/mol. The van der Waals surface area contributed by atoms with E-state index in [0.717, 1.165) is 22.9 Å². The van der Waals surface area contributed by atoms with E-state index in [0.29, 0.717) is 37.6 Å². The van der Waals surface area contributed by atoms with Crippen LogP contribution < -0.4 is 5.32 Å². The smallest absolute Gasteiger partial charge is 0.235 e. The van der Waals surface area contributed by atoms with E-state index < -0.39 is 5.41 Å². The van der Waals surface area contributed by atoms with Crippen LogP contribution in [-0.4, -0.2) is 51.0 Å². The van der Waals surface area contributed by atoms with Crippen molar-refractivity contribution in [2.75, 3.05) is 13.1 Å². The Hall–Kier alpha value is -3.16. The molecule has 0 radical (unpaired) electrons. The zero-order chi connectivity index (χ0) is 22.5. The fourth-order valence-electron chi connectivity index (χ4n) is 5.57. The lowest BCUT2D eigenvalue weighted by atomic mass is 9.80. The van der Waals surface area contributed by atoms with E-state index in [4.69, 9.17) is 4.52 Å². The van der Waals surface area contributed by atoms with Gasteiger partial charge in [0.25, 0.3) is 0 Å². The highest BCUT2D eigenvalue weighted by Crippen LogP contribution is 2.50. The van der Waals surface area contributed by atoms with Gasteiger partial charge in [0.05, 0.1) is 11.8 Å². The molecule has 3 heterocycles. The average Bonchev–Trinajstić information content (AvgIpc) is 3.50. The fraction of sp³-hybridized carbons (Fsp3) is 0.500. The number of rotatable bonds is 5. The van der Waals surface area contributed by atoms with Crippen LogP contribution in [0, 0.1) is 18.8 Å². The predicted molar refractivity (Wildman–Crippen MR) is 119 cm³/mol. The van der Waals surface area contributed by atoms with Gasteiger partial charge in [0.1, 0.15) is 0 Å². The number of aromatic nitrogens is 3. The lowest BCUT2D eigenvalue weighted by Crippen LogP contribution is -2.40. The molecule has 0 bridgehead atoms. The van der Waals surface area contributed by atoms with Crippen LogP contribution >= 0.6 is 0 Å². The Bertz CT molecular complexity index is 1170. The highest BCUT2D eigenvalue weighted by Gasteiger charge is 2.58. The molecule has 2 amide bonds. The van der Waals surface area contributed by atoms with E-state index in [1.165, 1.54) is 0 Å². The number of nitrogens with zero attached hydrogens (tertiary/aromatic N) is 3. The Morgan fingerprint density at radius 3 is 2.91 bits per heavy atom. The second-order valence-corrected chi connectivity index (χ2v) is 9.61. The van der Waals surface area contributed by atoms with Crippen LogP contribution in [0.15, 0.2) is 35.0 Å². The summed E-state index contributed by atoms with van der Waals surface area (Å²) in [4.78, 5) is 35.3. The molecule has 0 spiro atoms. The maximum Gasteiger partial charge on any atom is 0.235 e. The lowest BCUT2D eigenvalue weighted by molar-refractivity contribution is -0.134. The predicted octanol–water partition coefficient (Wildman–Crippen LogP) is 2.73. The summed E-state index contributed by atoms with van der Waals surface area (Å²) in [5.41, 5.74) is 1.63. The molecule has 1 aromatic carbocycles. The molecule has 8 heteroatoms. The topological polar surface area (TPSA) is 104 Å². The fourth-order valence-corrected chi connectivity index (χ4v) is 5.57. The van der Waals surface area contributed by atoms with Crippen LogP contribution in [0.4, 0.5) is 0 Å². The number of H-pyrrole nitrogens is 1. The molecule has 1 saturated heterocycles. The molecule has 32 heavy (non-hydrogen) atoms. The molecule has 1 saturated carbocycles. The van der Waals surface area contributed by atoms with Gasteiger partial charge in [-0.25, -0.2) is 0 Å². The standard InChI is InChI=1S/C24H29N5O3/c1-14(2)22(31)29-12-17-9-18(10-24(17,13-29)23-26-15(3)28-32-23)27-21(30)8-16-11-25-20-7-5-4-6-19(16)20/h4-7,11,14,17-18,25H,8-10,12-13H2,1-3H3,(H,27,30)/t17-,18+,24-/m0/s1. The minimum absolute atomic E-state index is 0.00620. The van der Waals surface area contributed by atoms with Crippen LogP contribution in [0.25, 0.3) is 10.9 Å². The van der Waals surface area contributed by atoms with Gasteiger partial charge in [-0.1, -0.05) is 37.2 Å². The van der Waals surface area contributed by atoms with Crippen LogP contribution in [0.5, 0.6) is 0 Å². The minimum Gasteiger partial charge on any atom is -0.361 e. The number of hydrogen-bond donors (Lipinski definition) is 2. The molecule has 168 valence electrons. The van der Waals surface area contributed by atoms with E-state index in [2.05, 4.69) is 20.4 Å². The second kappa shape index (κ2) is 7.76. The molecule has 2 aromatic heterocycles. The van der Waals surface area contributed by atoms with E-state index in [-0.39, 0.29) is 29.7 Å². The molecule has 3 aromatic rings. The molecule has 5 rings (SSSR count). The number of amides is 2. The van der Waals surface area contributed by atoms with E-state index in [1.807, 2.05) is 49.2 Å². The first-order valence-electron chi connectivity index (χ1n) is 11.3. The van der Waals surface area contributed by atoms with Gasteiger partial charge in [-0.2, -0.15) is 4.98 Å². The highest BCUT2D eigenvalue weighted by molar-refractivity contribution is 5.89. The molecular formula is C24H29N5O3. The number of carbonyl (C=O) groups excluding carboxylic acids is 2. The normalized spacial score (nSPS) is 24.9. The van der Waals surface area contributed by atoms with Crippen molar-refractivity contribution in [2.24, 2.45) is 11.8 Å². The molecule has 8 nitrogen and oxygen atoms in total. The van der Waals surface area contributed by atoms with Gasteiger partial charge < -0.3 is 19.7 Å². The average molecular weight is 436 g/mol. The number of benzene rings is 1. The maximum atomic E-state index is 12.9. The van der Waals surface area contributed by atoms with Crippen molar-refractivity contribution in [1.29, 1.82) is 0 Å². The van der Waals surface area contributed by atoms with Crippen LogP contribution in [-0.2, 0) is 21.4 Å². The van der Waals surface area contributed by atoms with Crippen molar-refractivity contribution in [2.45, 2.75) is 51.5 Å². The zero-order valence-corrected chi connectivity index (χ0v) is 18.7. The van der Waals surface area contributed by atoms with Gasteiger partial charge in [-0.3, -0.25) is 9.59 Å². The largest absolute Gasteiger partial charge is 0.361 e. The summed E-state index contributed by atoms with van der Waals surface area (Å²) in [6.07, 6.45) is 3.73. The van der Waals surface area contributed by atoms with Crippen molar-refractivity contribution < 1.29 is 14.1 Å². The molecule has 2 N–H and O–H groups in total. The van der Waals surface area contributed by atoms with Crippen LogP contribution in [0.3, 0.4) is 0 Å². The van der Waals surface area contributed by atoms with Gasteiger partial charge in [0.2, 0.25) is 17.7 Å². The number of aryl methyl sites for hydroxylation is 1. The summed E-state index contributed by atoms with van der Waals surface area (Å²) < 4.78 is 5.61. The van der Waals surface area contributed by atoms with Gasteiger partial charge in [-0.15, -0.1) is 0 Å². The second-order valence-electron chi connectivity index (χ2n) is 9.61. The Labute approximate surface area is 186 Å². The lowest BCUT2D eigenvalue weighted by Gasteiger charge is -2.26. The summed E-state index contributed by atoms with van der Waals surface area (Å²) >= 11 is 0. The summed E-state index contributed by atoms with van der Waals surface area (Å²) in [6.45, 7) is 6.87. The zero-order valence-electron chi connectivity index (χ0n) is 18.7. The highest BCUT2D eigenvalue weighted by atomic mass is 16.5. The first-order valence-corrected chi connectivity index (χ1v) is 11.3. The van der Waals surface area contributed by atoms with E-state index in [9.17, 15) is 9.59 Å². The molecule has 3 atom stereocenters. The van der Waals surface area contributed by atoms with E-state index >= 15 is 0 Å². The Morgan fingerprint density at radius 2 is 2.16 bits per heavy atom. The van der Waals surface area contributed by atoms with Crippen molar-refractivity contribution in [3.05, 3.63) is 47.7 Å².